The van der Waals surface area contributed by atoms with E-state index in [0.717, 1.165) is 19.3 Å². The van der Waals surface area contributed by atoms with Crippen LogP contribution in [-0.4, -0.2) is 32.7 Å². The van der Waals surface area contributed by atoms with Gasteiger partial charge in [-0.15, -0.1) is 11.3 Å². The van der Waals surface area contributed by atoms with Crippen molar-refractivity contribution in [2.75, 3.05) is 26.1 Å². The number of amides is 1. The summed E-state index contributed by atoms with van der Waals surface area (Å²) in [7, 11) is 3.06. The van der Waals surface area contributed by atoms with E-state index in [0.29, 0.717) is 28.0 Å². The number of carbonyl (C=O) groups excluding carboxylic acids is 2. The van der Waals surface area contributed by atoms with Crippen LogP contribution < -0.4 is 14.8 Å². The van der Waals surface area contributed by atoms with Gasteiger partial charge in [-0.3, -0.25) is 4.79 Å². The zero-order valence-corrected chi connectivity index (χ0v) is 17.2. The van der Waals surface area contributed by atoms with Crippen LogP contribution in [0.2, 0.25) is 0 Å². The maximum atomic E-state index is 12.3. The topological polar surface area (TPSA) is 73.9 Å². The Morgan fingerprint density at radius 2 is 1.96 bits per heavy atom. The molecule has 1 aromatic carbocycles. The number of hydrogen-bond acceptors (Lipinski definition) is 6. The fourth-order valence-corrected chi connectivity index (χ4v) is 4.46. The number of nitrogens with one attached hydrogen (secondary N) is 1. The molecule has 0 radical (unpaired) electrons. The number of ether oxygens (including phenoxy) is 3. The molecular formula is C21H25NO5S. The first-order chi connectivity index (χ1) is 13.5. The van der Waals surface area contributed by atoms with Crippen LogP contribution in [0.3, 0.4) is 0 Å². The minimum Gasteiger partial charge on any atom is -0.493 e. The number of benzene rings is 1. The second-order valence-corrected chi connectivity index (χ2v) is 7.91. The van der Waals surface area contributed by atoms with Crippen molar-refractivity contribution in [2.24, 2.45) is 5.92 Å². The Hall–Kier alpha value is -2.54. The van der Waals surface area contributed by atoms with E-state index in [1.165, 1.54) is 35.3 Å². The lowest BCUT2D eigenvalue weighted by Crippen LogP contribution is -2.20. The molecule has 2 aromatic rings. The summed E-state index contributed by atoms with van der Waals surface area (Å²) in [6.45, 7) is 1.86. The minimum atomic E-state index is -0.449. The van der Waals surface area contributed by atoms with E-state index in [9.17, 15) is 9.59 Å². The van der Waals surface area contributed by atoms with E-state index in [1.807, 2.05) is 6.07 Å². The first-order valence-electron chi connectivity index (χ1n) is 9.34. The number of thiophene rings is 1. The summed E-state index contributed by atoms with van der Waals surface area (Å²) in [5.41, 5.74) is 1.79. The molecule has 1 atom stereocenters. The van der Waals surface area contributed by atoms with Crippen LogP contribution in [0.25, 0.3) is 0 Å². The first-order valence-corrected chi connectivity index (χ1v) is 10.2. The van der Waals surface area contributed by atoms with Gasteiger partial charge in [-0.1, -0.05) is 13.3 Å². The standard InChI is InChI=1S/C21H25NO5S/c1-4-13-5-8-18-14(9-13)10-19(28-18)21(24)27-12-20(23)22-15-6-7-16(25-2)17(11-15)26-3/h6-7,10-11,13H,4-5,8-9,12H2,1-3H3,(H,22,23). The van der Waals surface area contributed by atoms with Crippen LogP contribution in [0.1, 0.15) is 39.9 Å². The molecule has 1 aromatic heterocycles. The van der Waals surface area contributed by atoms with Crippen molar-refractivity contribution in [3.05, 3.63) is 39.6 Å². The highest BCUT2D eigenvalue weighted by Crippen LogP contribution is 2.34. The Bertz CT molecular complexity index is 860. The summed E-state index contributed by atoms with van der Waals surface area (Å²) < 4.78 is 15.6. The van der Waals surface area contributed by atoms with Gasteiger partial charge in [-0.05, 0) is 48.9 Å². The highest BCUT2D eigenvalue weighted by molar-refractivity contribution is 7.14. The molecule has 6 nitrogen and oxygen atoms in total. The van der Waals surface area contributed by atoms with Crippen LogP contribution in [0.4, 0.5) is 5.69 Å². The van der Waals surface area contributed by atoms with Gasteiger partial charge in [-0.2, -0.15) is 0 Å². The quantitative estimate of drug-likeness (QED) is 0.705. The lowest BCUT2D eigenvalue weighted by Gasteiger charge is -2.19. The van der Waals surface area contributed by atoms with E-state index in [1.54, 1.807) is 25.3 Å². The molecule has 7 heteroatoms. The molecule has 0 saturated carbocycles. The van der Waals surface area contributed by atoms with Crippen molar-refractivity contribution in [2.45, 2.75) is 32.6 Å². The lowest BCUT2D eigenvalue weighted by molar-refractivity contribution is -0.119. The first kappa shape index (κ1) is 20.2. The van der Waals surface area contributed by atoms with Crippen molar-refractivity contribution < 1.29 is 23.8 Å². The van der Waals surface area contributed by atoms with Crippen LogP contribution >= 0.6 is 11.3 Å². The van der Waals surface area contributed by atoms with Crippen molar-refractivity contribution in [1.29, 1.82) is 0 Å². The maximum Gasteiger partial charge on any atom is 0.348 e. The predicted octanol–water partition coefficient (Wildman–Crippen LogP) is 4.08. The Balaban J connectivity index is 1.55. The Kier molecular flexibility index (Phi) is 6.57. The summed E-state index contributed by atoms with van der Waals surface area (Å²) in [5.74, 6) is 0.909. The molecule has 0 aliphatic heterocycles. The average molecular weight is 404 g/mol. The van der Waals surface area contributed by atoms with Gasteiger partial charge in [0.2, 0.25) is 0 Å². The molecule has 0 bridgehead atoms. The van der Waals surface area contributed by atoms with Gasteiger partial charge in [0.1, 0.15) is 4.88 Å². The SMILES string of the molecule is CCC1CCc2sc(C(=O)OCC(=O)Nc3ccc(OC)c(OC)c3)cc2C1. The van der Waals surface area contributed by atoms with Crippen molar-refractivity contribution in [1.82, 2.24) is 0 Å². The zero-order chi connectivity index (χ0) is 20.1. The van der Waals surface area contributed by atoms with Crippen LogP contribution in [0.15, 0.2) is 24.3 Å². The molecule has 1 aliphatic rings. The van der Waals surface area contributed by atoms with Crippen LogP contribution in [0.5, 0.6) is 11.5 Å². The Morgan fingerprint density at radius 1 is 1.18 bits per heavy atom. The van der Waals surface area contributed by atoms with Crippen molar-refractivity contribution in [3.8, 4) is 11.5 Å². The van der Waals surface area contributed by atoms with Crippen LogP contribution in [-0.2, 0) is 22.4 Å². The third-order valence-electron chi connectivity index (χ3n) is 4.97. The number of hydrogen-bond donors (Lipinski definition) is 1. The van der Waals surface area contributed by atoms with Crippen molar-refractivity contribution in [3.63, 3.8) is 0 Å². The number of aryl methyl sites for hydroxylation is 1. The van der Waals surface area contributed by atoms with Crippen LogP contribution in [0, 0.1) is 5.92 Å². The number of anilines is 1. The molecule has 1 heterocycles. The van der Waals surface area contributed by atoms with Gasteiger partial charge in [0, 0.05) is 16.6 Å². The second-order valence-electron chi connectivity index (χ2n) is 6.77. The summed E-state index contributed by atoms with van der Waals surface area (Å²) in [6, 6.07) is 6.96. The molecule has 28 heavy (non-hydrogen) atoms. The number of carbonyl (C=O) groups is 2. The van der Waals surface area contributed by atoms with E-state index in [4.69, 9.17) is 14.2 Å². The maximum absolute atomic E-state index is 12.3. The Morgan fingerprint density at radius 3 is 2.68 bits per heavy atom. The van der Waals surface area contributed by atoms with E-state index in [-0.39, 0.29) is 6.61 Å². The normalized spacial score (nSPS) is 15.5. The monoisotopic (exact) mass is 403 g/mol. The molecule has 1 N–H and O–H groups in total. The number of rotatable bonds is 7. The largest absolute Gasteiger partial charge is 0.493 e. The molecule has 3 rings (SSSR count). The van der Waals surface area contributed by atoms with Gasteiger partial charge in [0.05, 0.1) is 14.2 Å². The molecule has 0 saturated heterocycles. The molecule has 1 amide bonds. The summed E-state index contributed by atoms with van der Waals surface area (Å²) >= 11 is 1.48. The van der Waals surface area contributed by atoms with Gasteiger partial charge >= 0.3 is 5.97 Å². The van der Waals surface area contributed by atoms with Gasteiger partial charge in [0.15, 0.2) is 18.1 Å². The average Bonchev–Trinajstić information content (AvgIpc) is 3.15. The van der Waals surface area contributed by atoms with E-state index in [2.05, 4.69) is 12.2 Å². The van der Waals surface area contributed by atoms with Gasteiger partial charge < -0.3 is 19.5 Å². The predicted molar refractivity (Wildman–Crippen MR) is 109 cm³/mol. The molecule has 0 spiro atoms. The number of esters is 1. The fourth-order valence-electron chi connectivity index (χ4n) is 3.36. The minimum absolute atomic E-state index is 0.340. The van der Waals surface area contributed by atoms with E-state index >= 15 is 0 Å². The summed E-state index contributed by atoms with van der Waals surface area (Å²) in [4.78, 5) is 26.3. The third-order valence-corrected chi connectivity index (χ3v) is 6.18. The van der Waals surface area contributed by atoms with Crippen molar-refractivity contribution >= 4 is 28.9 Å². The Labute approximate surface area is 168 Å². The molecule has 150 valence electrons. The third kappa shape index (κ3) is 4.65. The molecule has 1 aliphatic carbocycles. The zero-order valence-electron chi connectivity index (χ0n) is 16.4. The van der Waals surface area contributed by atoms with Gasteiger partial charge in [-0.25, -0.2) is 4.79 Å². The molecule has 1 unspecified atom stereocenters. The number of methoxy groups -OCH3 is 2. The highest BCUT2D eigenvalue weighted by Gasteiger charge is 2.23. The number of fused-ring (bicyclic) bond motifs is 1. The smallest absolute Gasteiger partial charge is 0.348 e. The summed E-state index contributed by atoms with van der Waals surface area (Å²) in [6.07, 6.45) is 4.37. The van der Waals surface area contributed by atoms with E-state index < -0.39 is 11.9 Å². The summed E-state index contributed by atoms with van der Waals surface area (Å²) in [5, 5.41) is 2.69. The second kappa shape index (κ2) is 9.10. The highest BCUT2D eigenvalue weighted by atomic mass is 32.1. The lowest BCUT2D eigenvalue weighted by atomic mass is 9.87. The van der Waals surface area contributed by atoms with Gasteiger partial charge in [0.25, 0.3) is 5.91 Å². The molecule has 0 fully saturated rings. The molecular weight excluding hydrogens is 378 g/mol. The fraction of sp³-hybridized carbons (Fsp3) is 0.429.